The quantitative estimate of drug-likeness (QED) is 0.754. The van der Waals surface area contributed by atoms with Crippen LogP contribution in [-0.4, -0.2) is 24.1 Å². The van der Waals surface area contributed by atoms with Crippen molar-refractivity contribution in [3.05, 3.63) is 18.0 Å². The molecule has 0 fully saturated rings. The summed E-state index contributed by atoms with van der Waals surface area (Å²) in [4.78, 5) is 8.08. The second-order valence-electron chi connectivity index (χ2n) is 3.33. The lowest BCUT2D eigenvalue weighted by molar-refractivity contribution is 0.375. The van der Waals surface area contributed by atoms with Gasteiger partial charge in [0.2, 0.25) is 0 Å². The molecule has 0 saturated carbocycles. The minimum atomic E-state index is -0.105. The minimum absolute atomic E-state index is 0.105. The van der Waals surface area contributed by atoms with Gasteiger partial charge in [-0.15, -0.1) is 0 Å². The van der Waals surface area contributed by atoms with Crippen LogP contribution in [0.2, 0.25) is 0 Å². The molecule has 72 valence electrons. The zero-order valence-electron chi connectivity index (χ0n) is 8.46. The van der Waals surface area contributed by atoms with Gasteiger partial charge in [0.1, 0.15) is 0 Å². The Balaban J connectivity index is 2.92. The third-order valence-electron chi connectivity index (χ3n) is 2.16. The van der Waals surface area contributed by atoms with Crippen molar-refractivity contribution in [3.8, 4) is 6.01 Å². The van der Waals surface area contributed by atoms with E-state index in [-0.39, 0.29) is 5.54 Å². The second kappa shape index (κ2) is 3.70. The van der Waals surface area contributed by atoms with Gasteiger partial charge in [0.15, 0.2) is 0 Å². The molecule has 1 N–H and O–H groups in total. The van der Waals surface area contributed by atoms with Crippen LogP contribution in [0.15, 0.2) is 12.4 Å². The number of hydrogen-bond donors (Lipinski definition) is 1. The maximum atomic E-state index is 4.87. The summed E-state index contributed by atoms with van der Waals surface area (Å²) in [5, 5.41) is 3.17. The largest absolute Gasteiger partial charge is 0.467 e. The fourth-order valence-corrected chi connectivity index (χ4v) is 0.889. The van der Waals surface area contributed by atoms with Crippen molar-refractivity contribution in [2.75, 3.05) is 14.2 Å². The number of nitrogens with one attached hydrogen (secondary N) is 1. The first-order valence-electron chi connectivity index (χ1n) is 4.15. The van der Waals surface area contributed by atoms with E-state index in [0.29, 0.717) is 6.01 Å². The van der Waals surface area contributed by atoms with Crippen LogP contribution >= 0.6 is 0 Å². The Morgan fingerprint density at radius 3 is 2.23 bits per heavy atom. The van der Waals surface area contributed by atoms with Crippen LogP contribution in [0.4, 0.5) is 0 Å². The van der Waals surface area contributed by atoms with Crippen LogP contribution in [-0.2, 0) is 5.54 Å². The van der Waals surface area contributed by atoms with Crippen LogP contribution in [0.25, 0.3) is 0 Å². The fraction of sp³-hybridized carbons (Fsp3) is 0.556. The van der Waals surface area contributed by atoms with E-state index in [1.165, 1.54) is 0 Å². The van der Waals surface area contributed by atoms with E-state index in [9.17, 15) is 0 Å². The van der Waals surface area contributed by atoms with Crippen molar-refractivity contribution in [3.63, 3.8) is 0 Å². The summed E-state index contributed by atoms with van der Waals surface area (Å²) >= 11 is 0. The monoisotopic (exact) mass is 181 g/mol. The molecule has 0 amide bonds. The van der Waals surface area contributed by atoms with Gasteiger partial charge in [-0.3, -0.25) is 0 Å². The number of hydrogen-bond acceptors (Lipinski definition) is 4. The highest BCUT2D eigenvalue weighted by atomic mass is 16.5. The molecule has 0 aromatic carbocycles. The van der Waals surface area contributed by atoms with Gasteiger partial charge in [0, 0.05) is 23.5 Å². The highest BCUT2D eigenvalue weighted by molar-refractivity contribution is 5.16. The number of nitrogens with zero attached hydrogens (tertiary/aromatic N) is 2. The van der Waals surface area contributed by atoms with Gasteiger partial charge in [-0.1, -0.05) is 0 Å². The zero-order chi connectivity index (χ0) is 9.90. The summed E-state index contributed by atoms with van der Waals surface area (Å²) in [6.45, 7) is 4.14. The normalized spacial score (nSPS) is 11.4. The van der Waals surface area contributed by atoms with E-state index in [0.717, 1.165) is 5.56 Å². The number of methoxy groups -OCH3 is 1. The van der Waals surface area contributed by atoms with E-state index in [4.69, 9.17) is 4.74 Å². The van der Waals surface area contributed by atoms with Gasteiger partial charge < -0.3 is 10.1 Å². The molecule has 0 radical (unpaired) electrons. The molecular weight excluding hydrogens is 166 g/mol. The summed E-state index contributed by atoms with van der Waals surface area (Å²) in [5.74, 6) is 0. The van der Waals surface area contributed by atoms with Crippen LogP contribution in [0, 0.1) is 0 Å². The van der Waals surface area contributed by atoms with Crippen molar-refractivity contribution in [2.45, 2.75) is 19.4 Å². The molecule has 0 bridgehead atoms. The van der Waals surface area contributed by atoms with Crippen LogP contribution in [0.3, 0.4) is 0 Å². The average molecular weight is 181 g/mol. The Morgan fingerprint density at radius 1 is 1.31 bits per heavy atom. The molecule has 0 spiro atoms. The highest BCUT2D eigenvalue weighted by Gasteiger charge is 2.18. The number of aromatic nitrogens is 2. The lowest BCUT2D eigenvalue weighted by Gasteiger charge is -2.23. The molecule has 1 aromatic heterocycles. The summed E-state index contributed by atoms with van der Waals surface area (Å²) in [5.41, 5.74) is 0.933. The predicted molar refractivity (Wildman–Crippen MR) is 50.7 cm³/mol. The van der Waals surface area contributed by atoms with Crippen LogP contribution in [0.1, 0.15) is 19.4 Å². The van der Waals surface area contributed by atoms with Crippen LogP contribution in [0.5, 0.6) is 6.01 Å². The van der Waals surface area contributed by atoms with Gasteiger partial charge in [0.25, 0.3) is 0 Å². The summed E-state index contributed by atoms with van der Waals surface area (Å²) in [7, 11) is 3.46. The Morgan fingerprint density at radius 2 is 1.85 bits per heavy atom. The van der Waals surface area contributed by atoms with Gasteiger partial charge in [0.05, 0.1) is 7.11 Å². The molecule has 13 heavy (non-hydrogen) atoms. The SMILES string of the molecule is CNC(C)(C)c1cnc(OC)nc1. The van der Waals surface area contributed by atoms with Gasteiger partial charge in [-0.05, 0) is 20.9 Å². The van der Waals surface area contributed by atoms with Crippen molar-refractivity contribution in [1.82, 2.24) is 15.3 Å². The van der Waals surface area contributed by atoms with Gasteiger partial charge in [-0.2, -0.15) is 0 Å². The van der Waals surface area contributed by atoms with E-state index in [1.807, 2.05) is 7.05 Å². The number of ether oxygens (including phenoxy) is 1. The third-order valence-corrected chi connectivity index (χ3v) is 2.16. The van der Waals surface area contributed by atoms with Crippen LogP contribution < -0.4 is 10.1 Å². The predicted octanol–water partition coefficient (Wildman–Crippen LogP) is 0.940. The third kappa shape index (κ3) is 2.15. The van der Waals surface area contributed by atoms with Gasteiger partial charge in [-0.25, -0.2) is 9.97 Å². The minimum Gasteiger partial charge on any atom is -0.467 e. The molecule has 4 nitrogen and oxygen atoms in total. The van der Waals surface area contributed by atoms with E-state index in [1.54, 1.807) is 19.5 Å². The first kappa shape index (κ1) is 9.92. The summed E-state index contributed by atoms with van der Waals surface area (Å²) in [6.07, 6.45) is 3.53. The lowest BCUT2D eigenvalue weighted by atomic mass is 9.98. The smallest absolute Gasteiger partial charge is 0.316 e. The first-order chi connectivity index (χ1) is 6.10. The molecule has 0 atom stereocenters. The summed E-state index contributed by atoms with van der Waals surface area (Å²) < 4.78 is 4.87. The fourth-order valence-electron chi connectivity index (χ4n) is 0.889. The molecule has 1 rings (SSSR count). The molecule has 0 aliphatic heterocycles. The molecule has 0 aliphatic rings. The highest BCUT2D eigenvalue weighted by Crippen LogP contribution is 2.17. The van der Waals surface area contributed by atoms with Gasteiger partial charge >= 0.3 is 6.01 Å². The van der Waals surface area contributed by atoms with Crippen molar-refractivity contribution in [2.24, 2.45) is 0 Å². The Bertz CT molecular complexity index is 269. The summed E-state index contributed by atoms with van der Waals surface area (Å²) in [6, 6.07) is 0.399. The Kier molecular flexibility index (Phi) is 2.83. The number of rotatable bonds is 3. The molecule has 0 aliphatic carbocycles. The van der Waals surface area contributed by atoms with E-state index in [2.05, 4.69) is 29.1 Å². The molecule has 4 heteroatoms. The van der Waals surface area contributed by atoms with E-state index < -0.39 is 0 Å². The lowest BCUT2D eigenvalue weighted by Crippen LogP contribution is -2.33. The first-order valence-corrected chi connectivity index (χ1v) is 4.15. The van der Waals surface area contributed by atoms with Crippen molar-refractivity contribution < 1.29 is 4.74 Å². The molecule has 0 saturated heterocycles. The zero-order valence-corrected chi connectivity index (χ0v) is 8.46. The molecular formula is C9H15N3O. The Hall–Kier alpha value is -1.16. The maximum absolute atomic E-state index is 4.87. The molecule has 1 aromatic rings. The topological polar surface area (TPSA) is 47.0 Å². The second-order valence-corrected chi connectivity index (χ2v) is 3.33. The van der Waals surface area contributed by atoms with E-state index >= 15 is 0 Å². The van der Waals surface area contributed by atoms with Crippen molar-refractivity contribution >= 4 is 0 Å². The van der Waals surface area contributed by atoms with Crippen molar-refractivity contribution in [1.29, 1.82) is 0 Å². The maximum Gasteiger partial charge on any atom is 0.316 e. The Labute approximate surface area is 78.4 Å². The standard InChI is InChI=1S/C9H15N3O/c1-9(2,10-3)7-5-11-8(13-4)12-6-7/h5-6,10H,1-4H3. The molecule has 0 unspecified atom stereocenters. The molecule has 1 heterocycles. The average Bonchev–Trinajstić information content (AvgIpc) is 2.18.